The molecule has 1 heterocycles. The fourth-order valence-corrected chi connectivity index (χ4v) is 3.88. The summed E-state index contributed by atoms with van der Waals surface area (Å²) >= 11 is 4.06. The second-order valence-corrected chi connectivity index (χ2v) is 6.44. The molecule has 1 saturated heterocycles. The molecule has 2 rings (SSSR count). The number of hydrogen-bond acceptors (Lipinski definition) is 3. The Morgan fingerprint density at radius 2 is 2.19 bits per heavy atom. The lowest BCUT2D eigenvalue weighted by atomic mass is 10.3. The summed E-state index contributed by atoms with van der Waals surface area (Å²) in [5, 5.41) is 0. The first kappa shape index (κ1) is 12.3. The molecule has 1 aromatic carbocycles. The van der Waals surface area contributed by atoms with Crippen LogP contribution in [0.15, 0.2) is 35.2 Å². The minimum absolute atomic E-state index is 0.759. The van der Waals surface area contributed by atoms with Crippen molar-refractivity contribution in [1.29, 1.82) is 0 Å². The topological polar surface area (TPSA) is 3.24 Å². The maximum atomic E-state index is 2.62. The fourth-order valence-electron chi connectivity index (χ4n) is 1.89. The lowest BCUT2D eigenvalue weighted by molar-refractivity contribution is 0.247. The van der Waals surface area contributed by atoms with Crippen LogP contribution < -0.4 is 0 Å². The minimum Gasteiger partial charge on any atom is -0.298 e. The zero-order chi connectivity index (χ0) is 11.2. The summed E-state index contributed by atoms with van der Waals surface area (Å²) < 4.78 is 0. The van der Waals surface area contributed by atoms with Gasteiger partial charge in [0.15, 0.2) is 0 Å². The van der Waals surface area contributed by atoms with Gasteiger partial charge in [0.2, 0.25) is 0 Å². The van der Waals surface area contributed by atoms with Crippen molar-refractivity contribution in [2.24, 2.45) is 0 Å². The maximum Gasteiger partial charge on any atom is 0.0158 e. The molecule has 0 radical (unpaired) electrons. The van der Waals surface area contributed by atoms with Crippen molar-refractivity contribution in [3.8, 4) is 0 Å². The fraction of sp³-hybridized carbons (Fsp3) is 0.538. The Labute approximate surface area is 107 Å². The van der Waals surface area contributed by atoms with Crippen molar-refractivity contribution in [1.82, 2.24) is 4.90 Å². The maximum absolute atomic E-state index is 2.62. The van der Waals surface area contributed by atoms with E-state index in [1.807, 2.05) is 11.8 Å². The molecule has 1 aliphatic heterocycles. The van der Waals surface area contributed by atoms with Crippen LogP contribution in [0.1, 0.15) is 6.92 Å². The van der Waals surface area contributed by atoms with Crippen LogP contribution in [0.2, 0.25) is 0 Å². The van der Waals surface area contributed by atoms with Crippen LogP contribution in [-0.4, -0.2) is 41.3 Å². The molecule has 1 unspecified atom stereocenters. The lowest BCUT2D eigenvalue weighted by Gasteiger charge is -2.32. The van der Waals surface area contributed by atoms with Crippen LogP contribution in [-0.2, 0) is 0 Å². The molecule has 0 N–H and O–H groups in total. The molecule has 1 nitrogen and oxygen atoms in total. The predicted octanol–water partition coefficient (Wildman–Crippen LogP) is 3.22. The molecule has 0 bridgehead atoms. The van der Waals surface area contributed by atoms with Crippen molar-refractivity contribution in [2.75, 3.05) is 30.3 Å². The van der Waals surface area contributed by atoms with E-state index in [0.717, 1.165) is 6.04 Å². The average Bonchev–Trinajstić information content (AvgIpc) is 2.33. The Balaban J connectivity index is 1.71. The second-order valence-electron chi connectivity index (χ2n) is 4.12. The van der Waals surface area contributed by atoms with E-state index in [2.05, 4.69) is 53.9 Å². The van der Waals surface area contributed by atoms with E-state index < -0.39 is 0 Å². The summed E-state index contributed by atoms with van der Waals surface area (Å²) in [6.45, 7) is 4.84. The van der Waals surface area contributed by atoms with Crippen molar-refractivity contribution in [3.63, 3.8) is 0 Å². The van der Waals surface area contributed by atoms with E-state index in [1.54, 1.807) is 0 Å². The van der Waals surface area contributed by atoms with Gasteiger partial charge in [-0.05, 0) is 19.1 Å². The Bertz CT molecular complexity index is 302. The summed E-state index contributed by atoms with van der Waals surface area (Å²) in [5.41, 5.74) is 0. The molecule has 3 heteroatoms. The van der Waals surface area contributed by atoms with Crippen LogP contribution in [0.5, 0.6) is 0 Å². The van der Waals surface area contributed by atoms with Gasteiger partial charge in [-0.3, -0.25) is 4.90 Å². The SMILES string of the molecule is CC1CSCCN1CCSc1ccccc1. The molecule has 1 fully saturated rings. The van der Waals surface area contributed by atoms with E-state index in [0.29, 0.717) is 0 Å². The Kier molecular flexibility index (Phi) is 5.07. The Hall–Kier alpha value is -0.120. The largest absolute Gasteiger partial charge is 0.298 e. The van der Waals surface area contributed by atoms with Crippen LogP contribution >= 0.6 is 23.5 Å². The van der Waals surface area contributed by atoms with Crippen LogP contribution in [0.4, 0.5) is 0 Å². The van der Waals surface area contributed by atoms with Crippen LogP contribution in [0.25, 0.3) is 0 Å². The number of nitrogens with zero attached hydrogens (tertiary/aromatic N) is 1. The van der Waals surface area contributed by atoms with Crippen molar-refractivity contribution >= 4 is 23.5 Å². The standard InChI is InChI=1S/C13H19NS2/c1-12-11-15-9-7-14(12)8-10-16-13-5-3-2-4-6-13/h2-6,12H,7-11H2,1H3. The van der Waals surface area contributed by atoms with Gasteiger partial charge < -0.3 is 0 Å². The smallest absolute Gasteiger partial charge is 0.0158 e. The molecule has 0 saturated carbocycles. The summed E-state index contributed by atoms with van der Waals surface area (Å²) in [4.78, 5) is 4.01. The normalized spacial score (nSPS) is 22.2. The Morgan fingerprint density at radius 1 is 1.38 bits per heavy atom. The quantitative estimate of drug-likeness (QED) is 0.759. The molecule has 1 atom stereocenters. The van der Waals surface area contributed by atoms with Gasteiger partial charge in [-0.2, -0.15) is 11.8 Å². The summed E-state index contributed by atoms with van der Waals surface area (Å²) in [7, 11) is 0. The zero-order valence-corrected chi connectivity index (χ0v) is 11.4. The molecular weight excluding hydrogens is 234 g/mol. The van der Waals surface area contributed by atoms with Crippen LogP contribution in [0.3, 0.4) is 0 Å². The van der Waals surface area contributed by atoms with Gasteiger partial charge in [-0.1, -0.05) is 18.2 Å². The Morgan fingerprint density at radius 3 is 2.94 bits per heavy atom. The van der Waals surface area contributed by atoms with E-state index in [1.165, 1.54) is 35.2 Å². The highest BCUT2D eigenvalue weighted by atomic mass is 32.2. The van der Waals surface area contributed by atoms with Gasteiger partial charge >= 0.3 is 0 Å². The van der Waals surface area contributed by atoms with Gasteiger partial charge in [0.1, 0.15) is 0 Å². The van der Waals surface area contributed by atoms with Crippen LogP contribution in [0, 0.1) is 0 Å². The molecule has 0 amide bonds. The van der Waals surface area contributed by atoms with E-state index >= 15 is 0 Å². The van der Waals surface area contributed by atoms with Gasteiger partial charge in [0.05, 0.1) is 0 Å². The highest BCUT2D eigenvalue weighted by Crippen LogP contribution is 2.20. The molecule has 0 spiro atoms. The van der Waals surface area contributed by atoms with Gasteiger partial charge in [0.25, 0.3) is 0 Å². The first-order valence-electron chi connectivity index (χ1n) is 5.86. The highest BCUT2D eigenvalue weighted by molar-refractivity contribution is 7.99. The minimum atomic E-state index is 0.759. The van der Waals surface area contributed by atoms with Gasteiger partial charge in [0, 0.05) is 41.3 Å². The lowest BCUT2D eigenvalue weighted by Crippen LogP contribution is -2.41. The van der Waals surface area contributed by atoms with Gasteiger partial charge in [-0.25, -0.2) is 0 Å². The molecule has 0 aliphatic carbocycles. The van der Waals surface area contributed by atoms with Crippen molar-refractivity contribution in [2.45, 2.75) is 17.9 Å². The molecular formula is C13H19NS2. The summed E-state index contributed by atoms with van der Waals surface area (Å²) in [5.74, 6) is 3.81. The highest BCUT2D eigenvalue weighted by Gasteiger charge is 2.17. The first-order valence-corrected chi connectivity index (χ1v) is 8.00. The van der Waals surface area contributed by atoms with Crippen molar-refractivity contribution in [3.05, 3.63) is 30.3 Å². The molecule has 88 valence electrons. The zero-order valence-electron chi connectivity index (χ0n) is 9.76. The molecule has 16 heavy (non-hydrogen) atoms. The molecule has 1 aromatic rings. The third-order valence-corrected chi connectivity index (χ3v) is 5.08. The predicted molar refractivity (Wildman–Crippen MR) is 75.5 cm³/mol. The van der Waals surface area contributed by atoms with Crippen molar-refractivity contribution < 1.29 is 0 Å². The summed E-state index contributed by atoms with van der Waals surface area (Å²) in [6, 6.07) is 11.5. The van der Waals surface area contributed by atoms with E-state index in [4.69, 9.17) is 0 Å². The third-order valence-electron chi connectivity index (χ3n) is 2.90. The van der Waals surface area contributed by atoms with E-state index in [9.17, 15) is 0 Å². The summed E-state index contributed by atoms with van der Waals surface area (Å²) in [6.07, 6.45) is 0. The number of thioether (sulfide) groups is 2. The number of rotatable bonds is 4. The number of benzene rings is 1. The van der Waals surface area contributed by atoms with E-state index in [-0.39, 0.29) is 0 Å². The molecule has 1 aliphatic rings. The number of hydrogen-bond donors (Lipinski definition) is 0. The second kappa shape index (κ2) is 6.58. The third kappa shape index (κ3) is 3.72. The molecule has 0 aromatic heterocycles. The first-order chi connectivity index (χ1) is 7.86. The van der Waals surface area contributed by atoms with Gasteiger partial charge in [-0.15, -0.1) is 11.8 Å². The average molecular weight is 253 g/mol. The monoisotopic (exact) mass is 253 g/mol.